The van der Waals surface area contributed by atoms with Crippen molar-refractivity contribution in [1.29, 1.82) is 0 Å². The summed E-state index contributed by atoms with van der Waals surface area (Å²) in [6.07, 6.45) is 9.62. The minimum absolute atomic E-state index is 0.205. The van der Waals surface area contributed by atoms with Gasteiger partial charge in [0.05, 0.1) is 6.54 Å². The van der Waals surface area contributed by atoms with Gasteiger partial charge in [0.2, 0.25) is 0 Å². The fourth-order valence-electron chi connectivity index (χ4n) is 3.90. The summed E-state index contributed by atoms with van der Waals surface area (Å²) in [6, 6.07) is 0.754. The Hall–Kier alpha value is -0.610. The van der Waals surface area contributed by atoms with Crippen molar-refractivity contribution in [3.8, 4) is 0 Å². The molecule has 4 nitrogen and oxygen atoms in total. The van der Waals surface area contributed by atoms with Crippen molar-refractivity contribution in [2.45, 2.75) is 57.9 Å². The van der Waals surface area contributed by atoms with Gasteiger partial charge in [-0.15, -0.1) is 0 Å². The summed E-state index contributed by atoms with van der Waals surface area (Å²) in [5.41, 5.74) is 0. The Bertz CT molecular complexity index is 301. The van der Waals surface area contributed by atoms with Crippen LogP contribution >= 0.6 is 0 Å². The van der Waals surface area contributed by atoms with Crippen LogP contribution in [0.2, 0.25) is 0 Å². The van der Waals surface area contributed by atoms with Crippen molar-refractivity contribution in [2.75, 3.05) is 32.7 Å². The third-order valence-electron chi connectivity index (χ3n) is 5.04. The SMILES string of the molecule is CCCC1CCCC(N2CCN(CC(=O)O)CC2)CC1. The monoisotopic (exact) mass is 282 g/mol. The zero-order valence-electron chi connectivity index (χ0n) is 12.9. The highest BCUT2D eigenvalue weighted by atomic mass is 16.4. The second-order valence-corrected chi connectivity index (χ2v) is 6.52. The van der Waals surface area contributed by atoms with Crippen molar-refractivity contribution in [3.63, 3.8) is 0 Å². The Morgan fingerprint density at radius 1 is 1.10 bits per heavy atom. The quantitative estimate of drug-likeness (QED) is 0.787. The number of rotatable bonds is 5. The van der Waals surface area contributed by atoms with Crippen LogP contribution < -0.4 is 0 Å². The maximum absolute atomic E-state index is 10.7. The number of aliphatic carboxylic acids is 1. The average Bonchev–Trinajstić information content (AvgIpc) is 2.65. The molecule has 1 aliphatic heterocycles. The molecule has 1 N–H and O–H groups in total. The van der Waals surface area contributed by atoms with Gasteiger partial charge >= 0.3 is 5.97 Å². The number of carboxylic acids is 1. The van der Waals surface area contributed by atoms with Crippen molar-refractivity contribution >= 4 is 5.97 Å². The molecule has 1 saturated heterocycles. The zero-order valence-corrected chi connectivity index (χ0v) is 12.9. The number of carbonyl (C=O) groups is 1. The van der Waals surface area contributed by atoms with E-state index in [0.29, 0.717) is 0 Å². The minimum atomic E-state index is -0.699. The standard InChI is InChI=1S/C16H30N2O2/c1-2-4-14-5-3-6-15(8-7-14)18-11-9-17(10-12-18)13-16(19)20/h14-15H,2-13H2,1H3,(H,19,20). The third-order valence-corrected chi connectivity index (χ3v) is 5.04. The Balaban J connectivity index is 1.74. The fraction of sp³-hybridized carbons (Fsp3) is 0.938. The molecule has 2 atom stereocenters. The van der Waals surface area contributed by atoms with Crippen molar-refractivity contribution < 1.29 is 9.90 Å². The molecule has 116 valence electrons. The van der Waals surface area contributed by atoms with Gasteiger partial charge in [-0.3, -0.25) is 14.6 Å². The van der Waals surface area contributed by atoms with Crippen LogP contribution in [0, 0.1) is 5.92 Å². The maximum Gasteiger partial charge on any atom is 0.317 e. The predicted octanol–water partition coefficient (Wildman–Crippen LogP) is 2.44. The number of piperazine rings is 1. The van der Waals surface area contributed by atoms with Gasteiger partial charge in [0.25, 0.3) is 0 Å². The van der Waals surface area contributed by atoms with E-state index in [-0.39, 0.29) is 6.54 Å². The number of carboxylic acid groups (broad SMARTS) is 1. The van der Waals surface area contributed by atoms with Gasteiger partial charge in [0.15, 0.2) is 0 Å². The minimum Gasteiger partial charge on any atom is -0.480 e. The van der Waals surface area contributed by atoms with E-state index in [4.69, 9.17) is 5.11 Å². The second-order valence-electron chi connectivity index (χ2n) is 6.52. The third kappa shape index (κ3) is 4.74. The predicted molar refractivity (Wildman–Crippen MR) is 80.9 cm³/mol. The largest absolute Gasteiger partial charge is 0.480 e. The normalized spacial score (nSPS) is 30.1. The first-order chi connectivity index (χ1) is 9.69. The topological polar surface area (TPSA) is 43.8 Å². The lowest BCUT2D eigenvalue weighted by atomic mass is 9.95. The molecule has 0 aromatic heterocycles. The van der Waals surface area contributed by atoms with E-state index in [2.05, 4.69) is 16.7 Å². The van der Waals surface area contributed by atoms with Crippen LogP contribution in [0.5, 0.6) is 0 Å². The average molecular weight is 282 g/mol. The summed E-state index contributed by atoms with van der Waals surface area (Å²) >= 11 is 0. The summed E-state index contributed by atoms with van der Waals surface area (Å²) in [5.74, 6) is 0.258. The molecule has 0 spiro atoms. The number of hydrogen-bond donors (Lipinski definition) is 1. The van der Waals surface area contributed by atoms with E-state index in [1.165, 1.54) is 44.9 Å². The molecule has 0 amide bonds. The summed E-state index contributed by atoms with van der Waals surface area (Å²) in [5, 5.41) is 8.84. The van der Waals surface area contributed by atoms with Crippen LogP contribution in [0.4, 0.5) is 0 Å². The molecule has 20 heavy (non-hydrogen) atoms. The Morgan fingerprint density at radius 3 is 2.50 bits per heavy atom. The van der Waals surface area contributed by atoms with Crippen LogP contribution in [0.25, 0.3) is 0 Å². The Morgan fingerprint density at radius 2 is 1.85 bits per heavy atom. The molecule has 2 fully saturated rings. The van der Waals surface area contributed by atoms with E-state index in [1.807, 2.05) is 0 Å². The fourth-order valence-corrected chi connectivity index (χ4v) is 3.90. The highest BCUT2D eigenvalue weighted by Crippen LogP contribution is 2.29. The molecule has 1 heterocycles. The van der Waals surface area contributed by atoms with Crippen molar-refractivity contribution in [1.82, 2.24) is 9.80 Å². The van der Waals surface area contributed by atoms with Gasteiger partial charge in [-0.2, -0.15) is 0 Å². The van der Waals surface area contributed by atoms with E-state index in [9.17, 15) is 4.79 Å². The smallest absolute Gasteiger partial charge is 0.317 e. The first kappa shape index (κ1) is 15.8. The molecular formula is C16H30N2O2. The van der Waals surface area contributed by atoms with Crippen molar-refractivity contribution in [3.05, 3.63) is 0 Å². The number of hydrogen-bond acceptors (Lipinski definition) is 3. The molecule has 1 saturated carbocycles. The van der Waals surface area contributed by atoms with Gasteiger partial charge in [0, 0.05) is 32.2 Å². The molecule has 1 aliphatic carbocycles. The lowest BCUT2D eigenvalue weighted by molar-refractivity contribution is -0.138. The molecule has 0 bridgehead atoms. The van der Waals surface area contributed by atoms with Gasteiger partial charge in [0.1, 0.15) is 0 Å². The molecule has 4 heteroatoms. The zero-order chi connectivity index (χ0) is 14.4. The van der Waals surface area contributed by atoms with Gasteiger partial charge in [-0.1, -0.05) is 32.6 Å². The highest BCUT2D eigenvalue weighted by Gasteiger charge is 2.26. The highest BCUT2D eigenvalue weighted by molar-refractivity contribution is 5.69. The van der Waals surface area contributed by atoms with E-state index >= 15 is 0 Å². The first-order valence-electron chi connectivity index (χ1n) is 8.37. The molecule has 2 aliphatic rings. The van der Waals surface area contributed by atoms with Gasteiger partial charge in [-0.25, -0.2) is 0 Å². The molecule has 2 unspecified atom stereocenters. The summed E-state index contributed by atoms with van der Waals surface area (Å²) in [7, 11) is 0. The van der Waals surface area contributed by atoms with Crippen LogP contribution in [0.15, 0.2) is 0 Å². The first-order valence-corrected chi connectivity index (χ1v) is 8.37. The van der Waals surface area contributed by atoms with E-state index in [0.717, 1.165) is 38.1 Å². The van der Waals surface area contributed by atoms with E-state index in [1.54, 1.807) is 0 Å². The maximum atomic E-state index is 10.7. The summed E-state index contributed by atoms with van der Waals surface area (Å²) in [4.78, 5) is 15.4. The number of nitrogens with zero attached hydrogens (tertiary/aromatic N) is 2. The molecule has 0 aromatic rings. The van der Waals surface area contributed by atoms with Crippen molar-refractivity contribution in [2.24, 2.45) is 5.92 Å². The van der Waals surface area contributed by atoms with Crippen LogP contribution in [-0.2, 0) is 4.79 Å². The lowest BCUT2D eigenvalue weighted by Crippen LogP contribution is -2.51. The molecule has 2 rings (SSSR count). The summed E-state index contributed by atoms with van der Waals surface area (Å²) in [6.45, 7) is 6.44. The van der Waals surface area contributed by atoms with Crippen LogP contribution in [0.3, 0.4) is 0 Å². The van der Waals surface area contributed by atoms with Gasteiger partial charge < -0.3 is 5.11 Å². The van der Waals surface area contributed by atoms with Gasteiger partial charge in [-0.05, 0) is 25.2 Å². The van der Waals surface area contributed by atoms with Crippen LogP contribution in [-0.4, -0.2) is 59.6 Å². The lowest BCUT2D eigenvalue weighted by Gasteiger charge is -2.38. The molecular weight excluding hydrogens is 252 g/mol. The Kier molecular flexibility index (Phi) is 6.30. The second kappa shape index (κ2) is 7.99. The van der Waals surface area contributed by atoms with E-state index < -0.39 is 5.97 Å². The van der Waals surface area contributed by atoms with Crippen LogP contribution in [0.1, 0.15) is 51.9 Å². The Labute approximate surface area is 123 Å². The summed E-state index contributed by atoms with van der Waals surface area (Å²) < 4.78 is 0. The molecule has 0 aromatic carbocycles. The molecule has 0 radical (unpaired) electrons.